The first-order valence-corrected chi connectivity index (χ1v) is 3.60. The van der Waals surface area contributed by atoms with Crippen LogP contribution >= 0.6 is 0 Å². The molecule has 2 atom stereocenters. The van der Waals surface area contributed by atoms with Crippen molar-refractivity contribution in [1.29, 1.82) is 0 Å². The largest absolute Gasteiger partial charge is 0.393 e. The fourth-order valence-corrected chi connectivity index (χ4v) is 1.18. The molecule has 0 saturated carbocycles. The molecule has 1 fully saturated rings. The van der Waals surface area contributed by atoms with Crippen LogP contribution in [0.1, 0.15) is 19.8 Å². The summed E-state index contributed by atoms with van der Waals surface area (Å²) in [5, 5.41) is 9.29. The zero-order chi connectivity index (χ0) is 6.69. The van der Waals surface area contributed by atoms with Gasteiger partial charge in [-0.2, -0.15) is 0 Å². The lowest BCUT2D eigenvalue weighted by atomic mass is 9.96. The highest BCUT2D eigenvalue weighted by Crippen LogP contribution is 2.16. The zero-order valence-corrected chi connectivity index (χ0v) is 5.84. The molecule has 0 aromatic heterocycles. The Morgan fingerprint density at radius 1 is 1.67 bits per heavy atom. The summed E-state index contributed by atoms with van der Waals surface area (Å²) in [6, 6.07) is 0. The van der Waals surface area contributed by atoms with Gasteiger partial charge >= 0.3 is 0 Å². The quantitative estimate of drug-likeness (QED) is 0.568. The molecule has 0 amide bonds. The number of ether oxygens (including phenoxy) is 1. The molecule has 2 unspecified atom stereocenters. The van der Waals surface area contributed by atoms with Crippen molar-refractivity contribution in [3.05, 3.63) is 0 Å². The van der Waals surface area contributed by atoms with E-state index in [4.69, 9.17) is 4.74 Å². The van der Waals surface area contributed by atoms with Gasteiger partial charge < -0.3 is 9.84 Å². The molecule has 0 radical (unpaired) electrons. The van der Waals surface area contributed by atoms with Crippen molar-refractivity contribution in [2.75, 3.05) is 13.2 Å². The Balaban J connectivity index is 2.30. The predicted molar refractivity (Wildman–Crippen MR) is 35.2 cm³/mol. The molecule has 2 heteroatoms. The molecule has 2 nitrogen and oxygen atoms in total. The Bertz CT molecular complexity index is 83.0. The molecule has 0 spiro atoms. The van der Waals surface area contributed by atoms with Crippen LogP contribution in [0.15, 0.2) is 0 Å². The van der Waals surface area contributed by atoms with Gasteiger partial charge in [0, 0.05) is 12.5 Å². The SMILES string of the molecule is CCC1COCCC1O. The van der Waals surface area contributed by atoms with Crippen LogP contribution < -0.4 is 0 Å². The van der Waals surface area contributed by atoms with Crippen molar-refractivity contribution in [3.63, 3.8) is 0 Å². The monoisotopic (exact) mass is 130 g/mol. The summed E-state index contributed by atoms with van der Waals surface area (Å²) in [5.41, 5.74) is 0. The highest BCUT2D eigenvalue weighted by Gasteiger charge is 2.21. The van der Waals surface area contributed by atoms with Crippen LogP contribution in [-0.2, 0) is 4.74 Å². The van der Waals surface area contributed by atoms with Gasteiger partial charge in [0.2, 0.25) is 0 Å². The Hall–Kier alpha value is -0.0800. The van der Waals surface area contributed by atoms with Crippen LogP contribution in [0.5, 0.6) is 0 Å². The Kier molecular flexibility index (Phi) is 2.49. The van der Waals surface area contributed by atoms with Crippen LogP contribution in [0.2, 0.25) is 0 Å². The minimum absolute atomic E-state index is 0.108. The third kappa shape index (κ3) is 1.66. The molecule has 0 aromatic carbocycles. The van der Waals surface area contributed by atoms with Gasteiger partial charge in [0.25, 0.3) is 0 Å². The van der Waals surface area contributed by atoms with Crippen LogP contribution in [-0.4, -0.2) is 24.4 Å². The third-order valence-corrected chi connectivity index (χ3v) is 1.96. The van der Waals surface area contributed by atoms with Gasteiger partial charge in [-0.25, -0.2) is 0 Å². The Labute approximate surface area is 55.8 Å². The molecule has 9 heavy (non-hydrogen) atoms. The molecule has 1 aliphatic heterocycles. The average Bonchev–Trinajstić information content (AvgIpc) is 1.89. The van der Waals surface area contributed by atoms with Gasteiger partial charge in [-0.3, -0.25) is 0 Å². The van der Waals surface area contributed by atoms with Gasteiger partial charge in [0.15, 0.2) is 0 Å². The summed E-state index contributed by atoms with van der Waals surface area (Å²) >= 11 is 0. The Morgan fingerprint density at radius 3 is 2.89 bits per heavy atom. The lowest BCUT2D eigenvalue weighted by Crippen LogP contribution is -2.31. The van der Waals surface area contributed by atoms with E-state index in [0.717, 1.165) is 26.1 Å². The van der Waals surface area contributed by atoms with E-state index < -0.39 is 0 Å². The summed E-state index contributed by atoms with van der Waals surface area (Å²) < 4.78 is 5.18. The van der Waals surface area contributed by atoms with Gasteiger partial charge in [-0.15, -0.1) is 0 Å². The second kappa shape index (κ2) is 3.18. The number of aliphatic hydroxyl groups excluding tert-OH is 1. The van der Waals surface area contributed by atoms with Crippen LogP contribution in [0.3, 0.4) is 0 Å². The minimum atomic E-state index is -0.108. The first kappa shape index (κ1) is 7.03. The van der Waals surface area contributed by atoms with Gasteiger partial charge in [0.1, 0.15) is 0 Å². The first-order chi connectivity index (χ1) is 4.34. The van der Waals surface area contributed by atoms with Gasteiger partial charge in [-0.05, 0) is 12.8 Å². The highest BCUT2D eigenvalue weighted by molar-refractivity contribution is 4.70. The maximum Gasteiger partial charge on any atom is 0.0612 e. The molecular weight excluding hydrogens is 116 g/mol. The van der Waals surface area contributed by atoms with Crippen molar-refractivity contribution in [1.82, 2.24) is 0 Å². The summed E-state index contributed by atoms with van der Waals surface area (Å²) in [6.07, 6.45) is 1.74. The van der Waals surface area contributed by atoms with Gasteiger partial charge in [0.05, 0.1) is 12.7 Å². The van der Waals surface area contributed by atoms with Crippen molar-refractivity contribution in [3.8, 4) is 0 Å². The van der Waals surface area contributed by atoms with Crippen molar-refractivity contribution in [2.24, 2.45) is 5.92 Å². The smallest absolute Gasteiger partial charge is 0.0612 e. The fraction of sp³-hybridized carbons (Fsp3) is 1.00. The normalized spacial score (nSPS) is 36.7. The average molecular weight is 130 g/mol. The predicted octanol–water partition coefficient (Wildman–Crippen LogP) is 0.794. The standard InChI is InChI=1S/C7H14O2/c1-2-6-5-9-4-3-7(6)8/h6-8H,2-5H2,1H3. The number of hydrogen-bond donors (Lipinski definition) is 1. The van der Waals surface area contributed by atoms with Crippen LogP contribution in [0.25, 0.3) is 0 Å². The maximum absolute atomic E-state index is 9.29. The molecule has 1 heterocycles. The zero-order valence-electron chi connectivity index (χ0n) is 5.84. The molecule has 1 N–H and O–H groups in total. The topological polar surface area (TPSA) is 29.5 Å². The molecule has 1 saturated heterocycles. The second-order valence-electron chi connectivity index (χ2n) is 2.60. The maximum atomic E-state index is 9.29. The Morgan fingerprint density at radius 2 is 2.44 bits per heavy atom. The molecule has 54 valence electrons. The van der Waals surface area contributed by atoms with E-state index in [-0.39, 0.29) is 6.10 Å². The number of aliphatic hydroxyl groups is 1. The molecule has 1 aliphatic rings. The fourth-order valence-electron chi connectivity index (χ4n) is 1.18. The van der Waals surface area contributed by atoms with Crippen LogP contribution in [0, 0.1) is 5.92 Å². The van der Waals surface area contributed by atoms with E-state index in [1.165, 1.54) is 0 Å². The lowest BCUT2D eigenvalue weighted by molar-refractivity contribution is -0.0364. The molecular formula is C7H14O2. The van der Waals surface area contributed by atoms with E-state index in [0.29, 0.717) is 5.92 Å². The van der Waals surface area contributed by atoms with Crippen molar-refractivity contribution < 1.29 is 9.84 Å². The minimum Gasteiger partial charge on any atom is -0.393 e. The summed E-state index contributed by atoms with van der Waals surface area (Å²) in [6.45, 7) is 3.57. The summed E-state index contributed by atoms with van der Waals surface area (Å²) in [5.74, 6) is 0.388. The van der Waals surface area contributed by atoms with E-state index in [1.54, 1.807) is 0 Å². The third-order valence-electron chi connectivity index (χ3n) is 1.96. The first-order valence-electron chi connectivity index (χ1n) is 3.60. The summed E-state index contributed by atoms with van der Waals surface area (Å²) in [7, 11) is 0. The molecule has 0 aromatic rings. The van der Waals surface area contributed by atoms with E-state index in [9.17, 15) is 5.11 Å². The molecule has 1 rings (SSSR count). The van der Waals surface area contributed by atoms with Crippen LogP contribution in [0.4, 0.5) is 0 Å². The van der Waals surface area contributed by atoms with Gasteiger partial charge in [-0.1, -0.05) is 6.92 Å². The van der Waals surface area contributed by atoms with Crippen molar-refractivity contribution >= 4 is 0 Å². The number of rotatable bonds is 1. The molecule has 0 bridgehead atoms. The van der Waals surface area contributed by atoms with E-state index >= 15 is 0 Å². The molecule has 0 aliphatic carbocycles. The second-order valence-corrected chi connectivity index (χ2v) is 2.60. The van der Waals surface area contributed by atoms with Crippen molar-refractivity contribution in [2.45, 2.75) is 25.9 Å². The number of hydrogen-bond acceptors (Lipinski definition) is 2. The van der Waals surface area contributed by atoms with E-state index in [2.05, 4.69) is 6.92 Å². The highest BCUT2D eigenvalue weighted by atomic mass is 16.5. The summed E-state index contributed by atoms with van der Waals surface area (Å²) in [4.78, 5) is 0. The lowest BCUT2D eigenvalue weighted by Gasteiger charge is -2.26. The van der Waals surface area contributed by atoms with E-state index in [1.807, 2.05) is 0 Å².